The highest BCUT2D eigenvalue weighted by Gasteiger charge is 2.31. The summed E-state index contributed by atoms with van der Waals surface area (Å²) >= 11 is 0. The second-order valence-corrected chi connectivity index (χ2v) is 4.95. The minimum atomic E-state index is -4.76. The Labute approximate surface area is 120 Å². The highest BCUT2D eigenvalue weighted by molar-refractivity contribution is 5.94. The zero-order valence-corrected chi connectivity index (χ0v) is 11.6. The van der Waals surface area contributed by atoms with Gasteiger partial charge >= 0.3 is 6.36 Å². The second-order valence-electron chi connectivity index (χ2n) is 4.95. The molecule has 1 aliphatic rings. The van der Waals surface area contributed by atoms with Gasteiger partial charge in [-0.05, 0) is 38.1 Å². The van der Waals surface area contributed by atoms with Gasteiger partial charge in [0.15, 0.2) is 0 Å². The summed E-state index contributed by atoms with van der Waals surface area (Å²) in [6, 6.07) is 5.40. The van der Waals surface area contributed by atoms with E-state index in [9.17, 15) is 18.0 Å². The van der Waals surface area contributed by atoms with Crippen molar-refractivity contribution >= 4 is 5.91 Å². The molecule has 1 aliphatic heterocycles. The maximum absolute atomic E-state index is 12.3. The number of likely N-dealkylation sites (tertiary alicyclic amines) is 1. The number of ether oxygens (including phenoxy) is 1. The van der Waals surface area contributed by atoms with Crippen LogP contribution in [0.5, 0.6) is 5.75 Å². The highest BCUT2D eigenvalue weighted by atomic mass is 19.4. The van der Waals surface area contributed by atoms with Crippen molar-refractivity contribution in [3.8, 4) is 5.75 Å². The number of rotatable bonds is 3. The summed E-state index contributed by atoms with van der Waals surface area (Å²) in [6.07, 6.45) is -2.91. The summed E-state index contributed by atoms with van der Waals surface area (Å²) < 4.78 is 40.4. The van der Waals surface area contributed by atoms with Crippen LogP contribution in [0.4, 0.5) is 13.2 Å². The van der Waals surface area contributed by atoms with Crippen molar-refractivity contribution in [3.05, 3.63) is 29.8 Å². The van der Waals surface area contributed by atoms with Crippen molar-refractivity contribution in [2.24, 2.45) is 0 Å². The molecule has 1 atom stereocenters. The van der Waals surface area contributed by atoms with Gasteiger partial charge in [-0.3, -0.25) is 4.79 Å². The third kappa shape index (κ3) is 4.35. The number of carbonyl (C=O) groups is 1. The van der Waals surface area contributed by atoms with Crippen LogP contribution in [0.15, 0.2) is 24.3 Å². The number of alkyl halides is 3. The number of piperidine rings is 1. The summed E-state index contributed by atoms with van der Waals surface area (Å²) in [6.45, 7) is 1.17. The van der Waals surface area contributed by atoms with Gasteiger partial charge in [-0.15, -0.1) is 13.2 Å². The summed E-state index contributed by atoms with van der Waals surface area (Å²) in [5.41, 5.74) is 0.202. The molecule has 1 N–H and O–H groups in total. The van der Waals surface area contributed by atoms with Gasteiger partial charge in [0.2, 0.25) is 0 Å². The predicted octanol–water partition coefficient (Wildman–Crippen LogP) is 2.41. The quantitative estimate of drug-likeness (QED) is 0.932. The summed E-state index contributed by atoms with van der Waals surface area (Å²) in [7, 11) is 1.83. The minimum absolute atomic E-state index is 0.202. The number of amides is 1. The molecule has 0 spiro atoms. The van der Waals surface area contributed by atoms with Crippen molar-refractivity contribution in [1.29, 1.82) is 0 Å². The number of hydrogen-bond acceptors (Lipinski definition) is 3. The molecule has 1 heterocycles. The molecule has 1 amide bonds. The number of likely N-dealkylation sites (N-methyl/N-ethyl adjacent to an activating group) is 1. The van der Waals surface area contributed by atoms with Crippen molar-refractivity contribution < 1.29 is 22.7 Å². The van der Waals surface area contributed by atoms with E-state index in [1.54, 1.807) is 4.90 Å². The topological polar surface area (TPSA) is 41.6 Å². The lowest BCUT2D eigenvalue weighted by atomic mass is 10.0. The van der Waals surface area contributed by atoms with Crippen LogP contribution in [0.2, 0.25) is 0 Å². The number of carbonyl (C=O) groups excluding carboxylic acids is 1. The number of benzene rings is 1. The Kier molecular flexibility index (Phi) is 4.72. The lowest BCUT2D eigenvalue weighted by molar-refractivity contribution is -0.274. The molecule has 1 aromatic rings. The average molecular weight is 302 g/mol. The van der Waals surface area contributed by atoms with Crippen LogP contribution >= 0.6 is 0 Å². The van der Waals surface area contributed by atoms with Crippen molar-refractivity contribution in [2.45, 2.75) is 25.2 Å². The fourth-order valence-corrected chi connectivity index (χ4v) is 2.41. The predicted molar refractivity (Wildman–Crippen MR) is 71.1 cm³/mol. The molecule has 1 fully saturated rings. The van der Waals surface area contributed by atoms with E-state index in [4.69, 9.17) is 0 Å². The molecular formula is C14H17F3N2O2. The molecule has 0 aromatic heterocycles. The molecule has 4 nitrogen and oxygen atoms in total. The fraction of sp³-hybridized carbons (Fsp3) is 0.500. The van der Waals surface area contributed by atoms with E-state index in [1.807, 2.05) is 7.05 Å². The Hall–Kier alpha value is -1.76. The third-order valence-electron chi connectivity index (χ3n) is 3.43. The first-order valence-corrected chi connectivity index (χ1v) is 6.71. The Morgan fingerprint density at radius 1 is 1.43 bits per heavy atom. The van der Waals surface area contributed by atoms with Gasteiger partial charge in [-0.2, -0.15) is 0 Å². The standard InChI is InChI=1S/C14H17F3N2O2/c1-18-11-5-3-7-19(9-11)13(20)10-4-2-6-12(8-10)21-14(15,16)17/h2,4,6,8,11,18H,3,5,7,9H2,1H3. The SMILES string of the molecule is CNC1CCCN(C(=O)c2cccc(OC(F)(F)F)c2)C1. The highest BCUT2D eigenvalue weighted by Crippen LogP contribution is 2.24. The lowest BCUT2D eigenvalue weighted by Gasteiger charge is -2.32. The Morgan fingerprint density at radius 3 is 2.86 bits per heavy atom. The van der Waals surface area contributed by atoms with E-state index >= 15 is 0 Å². The van der Waals surface area contributed by atoms with Crippen LogP contribution in [-0.2, 0) is 0 Å². The first-order chi connectivity index (χ1) is 9.89. The number of halogens is 3. The van der Waals surface area contributed by atoms with E-state index in [2.05, 4.69) is 10.1 Å². The second kappa shape index (κ2) is 6.34. The van der Waals surface area contributed by atoms with E-state index in [1.165, 1.54) is 18.2 Å². The Bertz CT molecular complexity index is 505. The lowest BCUT2D eigenvalue weighted by Crippen LogP contribution is -2.46. The van der Waals surface area contributed by atoms with Gasteiger partial charge in [0, 0.05) is 24.7 Å². The molecule has 0 bridgehead atoms. The molecule has 0 aliphatic carbocycles. The molecule has 21 heavy (non-hydrogen) atoms. The fourth-order valence-electron chi connectivity index (χ4n) is 2.41. The van der Waals surface area contributed by atoms with Crippen molar-refractivity contribution in [1.82, 2.24) is 10.2 Å². The third-order valence-corrected chi connectivity index (χ3v) is 3.43. The van der Waals surface area contributed by atoms with Crippen molar-refractivity contribution in [3.63, 3.8) is 0 Å². The molecule has 1 unspecified atom stereocenters. The molecule has 0 radical (unpaired) electrons. The average Bonchev–Trinajstić information content (AvgIpc) is 2.45. The maximum Gasteiger partial charge on any atom is 0.573 e. The van der Waals surface area contributed by atoms with Gasteiger partial charge in [-0.1, -0.05) is 6.07 Å². The van der Waals surface area contributed by atoms with Gasteiger partial charge in [0.25, 0.3) is 5.91 Å². The smallest absolute Gasteiger partial charge is 0.406 e. The molecule has 1 saturated heterocycles. The maximum atomic E-state index is 12.3. The van der Waals surface area contributed by atoms with Gasteiger partial charge < -0.3 is 15.0 Å². The molecule has 116 valence electrons. The summed E-state index contributed by atoms with van der Waals surface area (Å²) in [5.74, 6) is -0.655. The zero-order valence-electron chi connectivity index (χ0n) is 11.6. The molecule has 1 aromatic carbocycles. The normalized spacial score (nSPS) is 19.4. The number of nitrogens with one attached hydrogen (secondary N) is 1. The summed E-state index contributed by atoms with van der Waals surface area (Å²) in [4.78, 5) is 14.0. The van der Waals surface area contributed by atoms with Crippen LogP contribution in [0.3, 0.4) is 0 Å². The van der Waals surface area contributed by atoms with Crippen molar-refractivity contribution in [2.75, 3.05) is 20.1 Å². The van der Waals surface area contributed by atoms with Gasteiger partial charge in [0.05, 0.1) is 0 Å². The molecule has 7 heteroatoms. The number of nitrogens with zero attached hydrogens (tertiary/aromatic N) is 1. The van der Waals surface area contributed by atoms with Crippen LogP contribution in [0, 0.1) is 0 Å². The Morgan fingerprint density at radius 2 is 2.19 bits per heavy atom. The molecular weight excluding hydrogens is 285 g/mol. The molecule has 0 saturated carbocycles. The van der Waals surface area contributed by atoms with Crippen LogP contribution in [0.25, 0.3) is 0 Å². The van der Waals surface area contributed by atoms with E-state index in [0.29, 0.717) is 13.1 Å². The van der Waals surface area contributed by atoms with E-state index in [-0.39, 0.29) is 23.3 Å². The van der Waals surface area contributed by atoms with Gasteiger partial charge in [-0.25, -0.2) is 0 Å². The van der Waals surface area contributed by atoms with E-state index < -0.39 is 6.36 Å². The van der Waals surface area contributed by atoms with Crippen LogP contribution in [-0.4, -0.2) is 43.3 Å². The Balaban J connectivity index is 2.10. The monoisotopic (exact) mass is 302 g/mol. The number of hydrogen-bond donors (Lipinski definition) is 1. The van der Waals surface area contributed by atoms with Gasteiger partial charge in [0.1, 0.15) is 5.75 Å². The zero-order chi connectivity index (χ0) is 15.5. The van der Waals surface area contributed by atoms with Crippen LogP contribution in [0.1, 0.15) is 23.2 Å². The first-order valence-electron chi connectivity index (χ1n) is 6.71. The van der Waals surface area contributed by atoms with E-state index in [0.717, 1.165) is 18.9 Å². The minimum Gasteiger partial charge on any atom is -0.406 e. The first kappa shape index (κ1) is 15.6. The summed E-state index contributed by atoms with van der Waals surface area (Å²) in [5, 5.41) is 3.12. The largest absolute Gasteiger partial charge is 0.573 e. The van der Waals surface area contributed by atoms with Crippen LogP contribution < -0.4 is 10.1 Å². The molecule has 2 rings (SSSR count).